The van der Waals surface area contributed by atoms with Gasteiger partial charge in [0.05, 0.1) is 21.9 Å². The van der Waals surface area contributed by atoms with Crippen molar-refractivity contribution in [1.82, 2.24) is 0 Å². The molecule has 1 aliphatic carbocycles. The molecule has 3 atom stereocenters. The van der Waals surface area contributed by atoms with Crippen LogP contribution in [0, 0.1) is 22.2 Å². The Kier molecular flexibility index (Phi) is 8.10. The van der Waals surface area contributed by atoms with Gasteiger partial charge in [0.15, 0.2) is 11.5 Å². The Labute approximate surface area is 254 Å². The van der Waals surface area contributed by atoms with Gasteiger partial charge in [-0.2, -0.15) is 0 Å². The van der Waals surface area contributed by atoms with E-state index in [1.807, 2.05) is 31.3 Å². The van der Waals surface area contributed by atoms with E-state index < -0.39 is 0 Å². The number of nitrogens with zero attached hydrogens (tertiary/aromatic N) is 1. The van der Waals surface area contributed by atoms with E-state index in [1.165, 1.54) is 34.5 Å². The van der Waals surface area contributed by atoms with Gasteiger partial charge in [0.1, 0.15) is 12.4 Å². The van der Waals surface area contributed by atoms with Gasteiger partial charge in [-0.1, -0.05) is 54.1 Å². The molecule has 0 saturated heterocycles. The minimum absolute atomic E-state index is 0.256. The van der Waals surface area contributed by atoms with Crippen LogP contribution in [0.4, 0.5) is 15.8 Å². The average Bonchev–Trinajstić information content (AvgIpc) is 3.46. The predicted octanol–water partition coefficient (Wildman–Crippen LogP) is 9.29. The molecule has 0 saturated carbocycles. The number of ether oxygens (including phenoxy) is 2. The highest BCUT2D eigenvalue weighted by Gasteiger charge is 2.37. The Hall–Kier alpha value is -3.65. The molecule has 0 aromatic heterocycles. The lowest BCUT2D eigenvalue weighted by molar-refractivity contribution is 0.267. The summed E-state index contributed by atoms with van der Waals surface area (Å²) in [5, 5.41) is 3.82. The lowest BCUT2D eigenvalue weighted by Gasteiger charge is -2.37. The summed E-state index contributed by atoms with van der Waals surface area (Å²) in [5.74, 6) is 1.98. The summed E-state index contributed by atoms with van der Waals surface area (Å²) >= 11 is 2.25. The van der Waals surface area contributed by atoms with E-state index in [0.29, 0.717) is 29.9 Å². The maximum Gasteiger partial charge on any atom is 0.175 e. The molecule has 4 aromatic carbocycles. The zero-order chi connectivity index (χ0) is 28.3. The van der Waals surface area contributed by atoms with Gasteiger partial charge in [0, 0.05) is 17.8 Å². The van der Waals surface area contributed by atoms with Crippen molar-refractivity contribution in [2.75, 3.05) is 11.9 Å². The summed E-state index contributed by atoms with van der Waals surface area (Å²) in [6.07, 6.45) is 7.64. The van der Waals surface area contributed by atoms with E-state index in [-0.39, 0.29) is 18.5 Å². The fourth-order valence-electron chi connectivity index (χ4n) is 5.81. The smallest absolute Gasteiger partial charge is 0.175 e. The van der Waals surface area contributed by atoms with Crippen LogP contribution < -0.4 is 14.8 Å². The molecule has 6 heteroatoms. The zero-order valence-electron chi connectivity index (χ0n) is 23.1. The molecule has 0 amide bonds. The van der Waals surface area contributed by atoms with E-state index in [9.17, 15) is 4.39 Å². The molecule has 4 nitrogen and oxygen atoms in total. The molecule has 208 valence electrons. The first-order chi connectivity index (χ1) is 20.0. The standard InChI is InChI=1S/C35H32FIN2O2/c1-3-40-33-19-24(18-31(37)35(33)41-21-23-6-4-7-26(36)17-23)20-38-27-13-11-25(12-14-27)34-29-9-5-8-28(29)30-16-22(2)10-15-32(30)39-34/h4-8,10-20,28-29,34,39H,3,9,21H2,1-2H3/t28-,29-,34-/m0/s1. The molecular formula is C35H32FIN2O2. The summed E-state index contributed by atoms with van der Waals surface area (Å²) in [4.78, 5) is 4.75. The van der Waals surface area contributed by atoms with Crippen molar-refractivity contribution in [1.29, 1.82) is 0 Å². The molecule has 0 fully saturated rings. The molecule has 0 bridgehead atoms. The van der Waals surface area contributed by atoms with Gasteiger partial charge in [0.2, 0.25) is 0 Å². The monoisotopic (exact) mass is 658 g/mol. The van der Waals surface area contributed by atoms with E-state index in [4.69, 9.17) is 14.5 Å². The van der Waals surface area contributed by atoms with Crippen molar-refractivity contribution >= 4 is 40.2 Å². The average molecular weight is 659 g/mol. The van der Waals surface area contributed by atoms with E-state index in [1.54, 1.807) is 6.07 Å². The van der Waals surface area contributed by atoms with E-state index in [2.05, 4.69) is 89.4 Å². The number of halogens is 2. The lowest BCUT2D eigenvalue weighted by Crippen LogP contribution is -2.29. The summed E-state index contributed by atoms with van der Waals surface area (Å²) in [7, 11) is 0. The number of aryl methyl sites for hydroxylation is 1. The van der Waals surface area contributed by atoms with Gasteiger partial charge >= 0.3 is 0 Å². The predicted molar refractivity (Wildman–Crippen MR) is 172 cm³/mol. The number of nitrogens with one attached hydrogen (secondary N) is 1. The summed E-state index contributed by atoms with van der Waals surface area (Å²) in [6, 6.07) is 25.9. The topological polar surface area (TPSA) is 42.8 Å². The van der Waals surface area contributed by atoms with Crippen molar-refractivity contribution in [3.8, 4) is 11.5 Å². The van der Waals surface area contributed by atoms with Crippen molar-refractivity contribution in [2.24, 2.45) is 10.9 Å². The van der Waals surface area contributed by atoms with Crippen LogP contribution >= 0.6 is 22.6 Å². The molecule has 1 aliphatic heterocycles. The number of anilines is 1. The Morgan fingerprint density at radius 2 is 1.88 bits per heavy atom. The van der Waals surface area contributed by atoms with Gasteiger partial charge in [-0.3, -0.25) is 4.99 Å². The summed E-state index contributed by atoms with van der Waals surface area (Å²) in [5.41, 5.74) is 7.80. The van der Waals surface area contributed by atoms with Crippen molar-refractivity contribution < 1.29 is 13.9 Å². The highest BCUT2D eigenvalue weighted by atomic mass is 127. The molecule has 1 N–H and O–H groups in total. The highest BCUT2D eigenvalue weighted by molar-refractivity contribution is 14.1. The third-order valence-corrected chi connectivity index (χ3v) is 8.54. The Morgan fingerprint density at radius 3 is 2.68 bits per heavy atom. The van der Waals surface area contributed by atoms with Gasteiger partial charge in [-0.25, -0.2) is 4.39 Å². The van der Waals surface area contributed by atoms with Crippen LogP contribution in [0.3, 0.4) is 0 Å². The van der Waals surface area contributed by atoms with Crippen molar-refractivity contribution in [3.63, 3.8) is 0 Å². The minimum atomic E-state index is -0.277. The molecule has 0 radical (unpaired) electrons. The first-order valence-electron chi connectivity index (χ1n) is 14.0. The van der Waals surface area contributed by atoms with Crippen LogP contribution in [-0.4, -0.2) is 12.8 Å². The lowest BCUT2D eigenvalue weighted by atomic mass is 9.76. The van der Waals surface area contributed by atoms with E-state index in [0.717, 1.165) is 26.8 Å². The second kappa shape index (κ2) is 12.1. The zero-order valence-corrected chi connectivity index (χ0v) is 25.3. The van der Waals surface area contributed by atoms with Crippen LogP contribution in [-0.2, 0) is 6.61 Å². The van der Waals surface area contributed by atoms with Gasteiger partial charge in [-0.15, -0.1) is 0 Å². The third kappa shape index (κ3) is 6.03. The van der Waals surface area contributed by atoms with Crippen molar-refractivity contribution in [3.05, 3.63) is 128 Å². The van der Waals surface area contributed by atoms with E-state index >= 15 is 0 Å². The van der Waals surface area contributed by atoms with Gasteiger partial charge in [0.25, 0.3) is 0 Å². The number of allylic oxidation sites excluding steroid dienone is 2. The molecule has 4 aromatic rings. The first-order valence-corrected chi connectivity index (χ1v) is 15.1. The number of hydrogen-bond acceptors (Lipinski definition) is 4. The molecular weight excluding hydrogens is 626 g/mol. The second-order valence-corrected chi connectivity index (χ2v) is 11.8. The fourth-order valence-corrected chi connectivity index (χ4v) is 6.59. The Morgan fingerprint density at radius 1 is 1.02 bits per heavy atom. The number of rotatable bonds is 8. The maximum atomic E-state index is 13.6. The second-order valence-electron chi connectivity index (χ2n) is 10.6. The number of benzene rings is 4. The van der Waals surface area contributed by atoms with Crippen molar-refractivity contribution in [2.45, 2.75) is 38.8 Å². The molecule has 2 aliphatic rings. The molecule has 6 rings (SSSR count). The third-order valence-electron chi connectivity index (χ3n) is 7.74. The largest absolute Gasteiger partial charge is 0.490 e. The Bertz CT molecular complexity index is 1620. The fraction of sp³-hybridized carbons (Fsp3) is 0.229. The first kappa shape index (κ1) is 27.5. The van der Waals surface area contributed by atoms with Crippen LogP contribution in [0.5, 0.6) is 11.5 Å². The molecule has 0 spiro atoms. The maximum absolute atomic E-state index is 13.6. The van der Waals surface area contributed by atoms with Gasteiger partial charge < -0.3 is 14.8 Å². The van der Waals surface area contributed by atoms with Crippen LogP contribution in [0.15, 0.2) is 96.0 Å². The Balaban J connectivity index is 1.18. The van der Waals surface area contributed by atoms with Crippen LogP contribution in [0.25, 0.3) is 0 Å². The molecule has 0 unspecified atom stereocenters. The molecule has 1 heterocycles. The highest BCUT2D eigenvalue weighted by Crippen LogP contribution is 2.50. The number of fused-ring (bicyclic) bond motifs is 3. The number of aliphatic imine (C=N–C) groups is 1. The molecule has 41 heavy (non-hydrogen) atoms. The van der Waals surface area contributed by atoms with Gasteiger partial charge in [-0.05, 0) is 113 Å². The van der Waals surface area contributed by atoms with Crippen LogP contribution in [0.1, 0.15) is 53.1 Å². The van der Waals surface area contributed by atoms with Crippen LogP contribution in [0.2, 0.25) is 0 Å². The summed E-state index contributed by atoms with van der Waals surface area (Å²) < 4.78 is 26.4. The number of hydrogen-bond donors (Lipinski definition) is 1. The normalized spacial score (nSPS) is 19.1. The minimum Gasteiger partial charge on any atom is -0.490 e. The quantitative estimate of drug-likeness (QED) is 0.117. The summed E-state index contributed by atoms with van der Waals surface area (Å²) in [6.45, 7) is 4.86. The SMILES string of the molecule is CCOc1cc(C=Nc2ccc([C@@H]3Nc4ccc(C)cc4[C@H]4C=CC[C@@H]43)cc2)cc(I)c1OCc1cccc(F)c1.